The van der Waals surface area contributed by atoms with E-state index in [4.69, 9.17) is 9.47 Å². The molecule has 1 rings (SSSR count). The third-order valence-electron chi connectivity index (χ3n) is 17.8. The van der Waals surface area contributed by atoms with Crippen LogP contribution in [-0.2, 0) is 14.3 Å². The van der Waals surface area contributed by atoms with Crippen LogP contribution in [0.3, 0.4) is 0 Å². The second-order valence-electron chi connectivity index (χ2n) is 25.7. The number of rotatable bonds is 64. The van der Waals surface area contributed by atoms with Crippen LogP contribution in [0, 0.1) is 0 Å². The summed E-state index contributed by atoms with van der Waals surface area (Å²) in [6.45, 7) is 3.52. The standard InChI is InChI=1S/C72H139NO10/c1-3-5-7-9-11-13-15-17-19-21-23-25-27-29-30-31-32-33-34-35-36-38-40-42-44-46-48-50-52-54-56-58-60-65(76)71(81)73-63(62-82-72-70(80)69(79)68(78)66(61-74)83-72)67(77)64(75)59-57-55-53-51-49-47-45-43-41-39-37-28-26-24-22-20-18-16-14-12-10-8-6-4-2/h23,25,29-30,63-70,72,74-80H,3-22,24,26-28,31-62H2,1-2H3,(H,73,81)/b25-23-,30-29-. The largest absolute Gasteiger partial charge is 0.394 e. The molecule has 0 spiro atoms. The van der Waals surface area contributed by atoms with E-state index < -0.39 is 74.2 Å². The second-order valence-corrected chi connectivity index (χ2v) is 25.7. The zero-order valence-electron chi connectivity index (χ0n) is 54.5. The Morgan fingerprint density at radius 3 is 1.07 bits per heavy atom. The Morgan fingerprint density at radius 2 is 0.735 bits per heavy atom. The van der Waals surface area contributed by atoms with Crippen LogP contribution in [0.5, 0.6) is 0 Å². The van der Waals surface area contributed by atoms with E-state index in [1.165, 1.54) is 276 Å². The minimum absolute atomic E-state index is 0.263. The first-order valence-corrected chi connectivity index (χ1v) is 36.2. The molecule has 492 valence electrons. The fourth-order valence-corrected chi connectivity index (χ4v) is 11.9. The van der Waals surface area contributed by atoms with E-state index in [-0.39, 0.29) is 6.42 Å². The molecule has 0 saturated carbocycles. The fraction of sp³-hybridized carbons (Fsp3) is 0.931. The number of amides is 1. The van der Waals surface area contributed by atoms with Gasteiger partial charge in [-0.3, -0.25) is 4.79 Å². The number of allylic oxidation sites excluding steroid dienone is 4. The van der Waals surface area contributed by atoms with Gasteiger partial charge in [0.05, 0.1) is 25.4 Å². The van der Waals surface area contributed by atoms with Crippen molar-refractivity contribution in [1.29, 1.82) is 0 Å². The highest BCUT2D eigenvalue weighted by Gasteiger charge is 2.44. The molecule has 11 nitrogen and oxygen atoms in total. The molecule has 1 aliphatic heterocycles. The first-order chi connectivity index (χ1) is 40.7. The van der Waals surface area contributed by atoms with E-state index in [1.807, 2.05) is 0 Å². The van der Waals surface area contributed by atoms with Crippen molar-refractivity contribution in [3.05, 3.63) is 24.3 Å². The molecule has 83 heavy (non-hydrogen) atoms. The number of hydrogen-bond donors (Lipinski definition) is 8. The summed E-state index contributed by atoms with van der Waals surface area (Å²) in [6, 6.07) is -1.17. The summed E-state index contributed by atoms with van der Waals surface area (Å²) < 4.78 is 11.2. The lowest BCUT2D eigenvalue weighted by Crippen LogP contribution is -2.60. The van der Waals surface area contributed by atoms with Crippen molar-refractivity contribution >= 4 is 5.91 Å². The quantitative estimate of drug-likeness (QED) is 0.0215. The summed E-state index contributed by atoms with van der Waals surface area (Å²) in [5.41, 5.74) is 0. The van der Waals surface area contributed by atoms with Gasteiger partial charge in [0.25, 0.3) is 0 Å². The number of carbonyl (C=O) groups is 1. The SMILES string of the molecule is CCCCCCCCCCC/C=C\C/C=C\CCCCCCCCCCCCCCCCCCC(O)C(=O)NC(COC1OC(CO)C(O)C(O)C1O)C(O)C(O)CCCCCCCCCCCCCCCCCCCCCCCCCC. The molecule has 1 aliphatic rings. The number of aliphatic hydroxyl groups excluding tert-OH is 7. The molecule has 1 saturated heterocycles. The zero-order valence-corrected chi connectivity index (χ0v) is 54.5. The predicted molar refractivity (Wildman–Crippen MR) is 349 cm³/mol. The minimum Gasteiger partial charge on any atom is -0.394 e. The van der Waals surface area contributed by atoms with E-state index in [9.17, 15) is 40.5 Å². The normalized spacial score (nSPS) is 19.1. The van der Waals surface area contributed by atoms with Crippen molar-refractivity contribution in [2.75, 3.05) is 13.2 Å². The van der Waals surface area contributed by atoms with Crippen LogP contribution in [0.25, 0.3) is 0 Å². The first-order valence-electron chi connectivity index (χ1n) is 36.2. The molecule has 1 fully saturated rings. The molecule has 0 aromatic heterocycles. The topological polar surface area (TPSA) is 189 Å². The van der Waals surface area contributed by atoms with Gasteiger partial charge in [0.15, 0.2) is 6.29 Å². The molecular weight excluding hydrogens is 1040 g/mol. The average Bonchev–Trinajstić information content (AvgIpc) is 3.68. The fourth-order valence-electron chi connectivity index (χ4n) is 11.9. The molecule has 0 bridgehead atoms. The van der Waals surface area contributed by atoms with Crippen molar-refractivity contribution in [2.45, 2.75) is 416 Å². The Bertz CT molecular complexity index is 1400. The Kier molecular flexibility index (Phi) is 58.4. The highest BCUT2D eigenvalue weighted by Crippen LogP contribution is 2.24. The van der Waals surface area contributed by atoms with E-state index in [1.54, 1.807) is 0 Å². The summed E-state index contributed by atoms with van der Waals surface area (Å²) in [6.07, 6.45) is 65.4. The van der Waals surface area contributed by atoms with Gasteiger partial charge in [0, 0.05) is 0 Å². The maximum atomic E-state index is 13.3. The van der Waals surface area contributed by atoms with Gasteiger partial charge in [-0.05, 0) is 44.9 Å². The lowest BCUT2D eigenvalue weighted by atomic mass is 9.98. The van der Waals surface area contributed by atoms with Crippen LogP contribution in [0.15, 0.2) is 24.3 Å². The maximum absolute atomic E-state index is 13.3. The molecule has 11 heteroatoms. The van der Waals surface area contributed by atoms with E-state index in [2.05, 4.69) is 43.5 Å². The van der Waals surface area contributed by atoms with Gasteiger partial charge in [0.2, 0.25) is 5.91 Å². The van der Waals surface area contributed by atoms with Gasteiger partial charge < -0.3 is 50.5 Å². The molecule has 8 N–H and O–H groups in total. The third kappa shape index (κ3) is 48.2. The molecule has 0 aliphatic carbocycles. The first kappa shape index (κ1) is 79.6. The third-order valence-corrected chi connectivity index (χ3v) is 17.8. The number of unbranched alkanes of at least 4 members (excludes halogenated alkanes) is 48. The van der Waals surface area contributed by atoms with E-state index in [0.717, 1.165) is 44.9 Å². The summed E-state index contributed by atoms with van der Waals surface area (Å²) in [5.74, 6) is -0.690. The lowest BCUT2D eigenvalue weighted by molar-refractivity contribution is -0.303. The molecule has 9 unspecified atom stereocenters. The second kappa shape index (κ2) is 60.9. The van der Waals surface area contributed by atoms with Crippen molar-refractivity contribution in [1.82, 2.24) is 5.32 Å². The van der Waals surface area contributed by atoms with Crippen LogP contribution in [0.1, 0.15) is 361 Å². The van der Waals surface area contributed by atoms with E-state index >= 15 is 0 Å². The van der Waals surface area contributed by atoms with Gasteiger partial charge in [0.1, 0.15) is 36.6 Å². The molecule has 1 amide bonds. The highest BCUT2D eigenvalue weighted by atomic mass is 16.7. The zero-order chi connectivity index (χ0) is 60.3. The van der Waals surface area contributed by atoms with Gasteiger partial charge in [-0.15, -0.1) is 0 Å². The molecule has 0 radical (unpaired) electrons. The van der Waals surface area contributed by atoms with Crippen molar-refractivity contribution in [3.8, 4) is 0 Å². The Morgan fingerprint density at radius 1 is 0.422 bits per heavy atom. The summed E-state index contributed by atoms with van der Waals surface area (Å²) in [7, 11) is 0. The molecule has 0 aromatic carbocycles. The molecule has 1 heterocycles. The summed E-state index contributed by atoms with van der Waals surface area (Å²) >= 11 is 0. The smallest absolute Gasteiger partial charge is 0.249 e. The van der Waals surface area contributed by atoms with Crippen molar-refractivity contribution in [3.63, 3.8) is 0 Å². The Labute approximate surface area is 512 Å². The van der Waals surface area contributed by atoms with Crippen LogP contribution >= 0.6 is 0 Å². The maximum Gasteiger partial charge on any atom is 0.249 e. The summed E-state index contributed by atoms with van der Waals surface area (Å²) in [4.78, 5) is 13.3. The molecule has 9 atom stereocenters. The Hall–Kier alpha value is -1.41. The average molecular weight is 1180 g/mol. The predicted octanol–water partition coefficient (Wildman–Crippen LogP) is 17.6. The number of aliphatic hydroxyl groups is 7. The lowest BCUT2D eigenvalue weighted by Gasteiger charge is -2.40. The van der Waals surface area contributed by atoms with Gasteiger partial charge in [-0.1, -0.05) is 340 Å². The Balaban J connectivity index is 2.17. The van der Waals surface area contributed by atoms with Crippen LogP contribution in [0.4, 0.5) is 0 Å². The molecule has 0 aromatic rings. The highest BCUT2D eigenvalue weighted by molar-refractivity contribution is 5.80. The number of nitrogens with one attached hydrogen (secondary N) is 1. The number of carbonyl (C=O) groups excluding carboxylic acids is 1. The monoisotopic (exact) mass is 1180 g/mol. The van der Waals surface area contributed by atoms with Gasteiger partial charge in [-0.25, -0.2) is 0 Å². The minimum atomic E-state index is -1.66. The van der Waals surface area contributed by atoms with Gasteiger partial charge in [-0.2, -0.15) is 0 Å². The van der Waals surface area contributed by atoms with Gasteiger partial charge >= 0.3 is 0 Å². The van der Waals surface area contributed by atoms with Crippen molar-refractivity contribution < 1.29 is 50.0 Å². The van der Waals surface area contributed by atoms with E-state index in [0.29, 0.717) is 19.3 Å². The number of ether oxygens (including phenoxy) is 2. The van der Waals surface area contributed by atoms with Crippen LogP contribution in [-0.4, -0.2) is 110 Å². The molecular formula is C72H139NO10. The van der Waals surface area contributed by atoms with Crippen molar-refractivity contribution in [2.24, 2.45) is 0 Å². The summed E-state index contributed by atoms with van der Waals surface area (Å²) in [5, 5.41) is 76.6. The van der Waals surface area contributed by atoms with Crippen LogP contribution in [0.2, 0.25) is 0 Å². The number of hydrogen-bond acceptors (Lipinski definition) is 10. The van der Waals surface area contributed by atoms with Crippen LogP contribution < -0.4 is 5.32 Å².